The van der Waals surface area contributed by atoms with Crippen molar-refractivity contribution in [1.82, 2.24) is 10.5 Å². The smallest absolute Gasteiger partial charge is 0.360 e. The highest BCUT2D eigenvalue weighted by molar-refractivity contribution is 6.23. The average Bonchev–Trinajstić information content (AvgIpc) is 2.62. The molecule has 0 aromatic heterocycles. The van der Waals surface area contributed by atoms with Crippen LogP contribution >= 0.6 is 0 Å². The fraction of sp³-hybridized carbons (Fsp3) is 0.875. The maximum absolute atomic E-state index is 11.3. The summed E-state index contributed by atoms with van der Waals surface area (Å²) in [5, 5.41) is 5.92. The highest BCUT2D eigenvalue weighted by atomic mass is 16.4. The highest BCUT2D eigenvalue weighted by Crippen LogP contribution is 2.25. The first-order valence-electron chi connectivity index (χ1n) is 4.71. The molecule has 0 bridgehead atoms. The summed E-state index contributed by atoms with van der Waals surface area (Å²) >= 11 is 0. The van der Waals surface area contributed by atoms with Crippen LogP contribution in [0, 0.1) is 5.92 Å². The van der Waals surface area contributed by atoms with Gasteiger partial charge in [0.15, 0.2) is 0 Å². The van der Waals surface area contributed by atoms with Gasteiger partial charge in [-0.25, -0.2) is 0 Å². The molecular formula is C8H17BN2O2. The summed E-state index contributed by atoms with van der Waals surface area (Å²) in [5.74, 6) is 0.362. The van der Waals surface area contributed by atoms with Crippen molar-refractivity contribution in [2.24, 2.45) is 5.92 Å². The van der Waals surface area contributed by atoms with Crippen molar-refractivity contribution in [2.45, 2.75) is 25.3 Å². The molecule has 0 aromatic carbocycles. The first-order valence-corrected chi connectivity index (χ1v) is 4.71. The van der Waals surface area contributed by atoms with E-state index in [4.69, 9.17) is 4.65 Å². The van der Waals surface area contributed by atoms with Gasteiger partial charge in [-0.05, 0) is 25.3 Å². The zero-order valence-corrected chi connectivity index (χ0v) is 8.30. The maximum atomic E-state index is 11.3. The Morgan fingerprint density at radius 1 is 1.54 bits per heavy atom. The fourth-order valence-electron chi connectivity index (χ4n) is 1.81. The van der Waals surface area contributed by atoms with Crippen molar-refractivity contribution >= 4 is 13.5 Å². The van der Waals surface area contributed by atoms with Gasteiger partial charge in [0.2, 0.25) is 5.91 Å². The van der Waals surface area contributed by atoms with E-state index in [9.17, 15) is 4.79 Å². The van der Waals surface area contributed by atoms with Gasteiger partial charge < -0.3 is 15.2 Å². The van der Waals surface area contributed by atoms with E-state index >= 15 is 0 Å². The second-order valence-corrected chi connectivity index (χ2v) is 3.46. The lowest BCUT2D eigenvalue weighted by Gasteiger charge is -2.10. The molecule has 0 aliphatic heterocycles. The summed E-state index contributed by atoms with van der Waals surface area (Å²) in [4.78, 5) is 11.3. The van der Waals surface area contributed by atoms with Gasteiger partial charge in [-0.2, -0.15) is 0 Å². The van der Waals surface area contributed by atoms with Crippen LogP contribution in [0.1, 0.15) is 19.3 Å². The van der Waals surface area contributed by atoms with Crippen LogP contribution < -0.4 is 10.5 Å². The molecular weight excluding hydrogens is 167 g/mol. The molecule has 0 saturated heterocycles. The first-order chi connectivity index (χ1) is 6.27. The Morgan fingerprint density at radius 3 is 2.92 bits per heavy atom. The van der Waals surface area contributed by atoms with E-state index in [0.29, 0.717) is 13.7 Å². The van der Waals surface area contributed by atoms with Crippen molar-refractivity contribution in [3.63, 3.8) is 0 Å². The molecule has 1 saturated carbocycles. The minimum atomic E-state index is 0.168. The van der Waals surface area contributed by atoms with E-state index in [1.807, 2.05) is 0 Å². The van der Waals surface area contributed by atoms with Crippen molar-refractivity contribution < 1.29 is 9.45 Å². The lowest BCUT2D eigenvalue weighted by molar-refractivity contribution is -0.124. The largest absolute Gasteiger partial charge is 0.427 e. The molecule has 0 spiro atoms. The molecule has 2 unspecified atom stereocenters. The second kappa shape index (κ2) is 5.24. The summed E-state index contributed by atoms with van der Waals surface area (Å²) in [6, 6.07) is 0.447. The average molecular weight is 184 g/mol. The minimum absolute atomic E-state index is 0.168. The molecule has 74 valence electrons. The standard InChI is InChI=1S/C8H17BN2O2/c1-10-8(12)6-3-4-7(5-6)11-9-13-2/h6-7,9,11H,3-5H2,1-2H3,(H,10,12). The van der Waals surface area contributed by atoms with Gasteiger partial charge in [0, 0.05) is 20.1 Å². The predicted octanol–water partition coefficient (Wildman–Crippen LogP) is -0.596. The monoisotopic (exact) mass is 184 g/mol. The van der Waals surface area contributed by atoms with E-state index in [-0.39, 0.29) is 11.8 Å². The molecule has 1 fully saturated rings. The molecule has 5 heteroatoms. The van der Waals surface area contributed by atoms with E-state index in [1.54, 1.807) is 14.2 Å². The van der Waals surface area contributed by atoms with E-state index in [1.165, 1.54) is 0 Å². The molecule has 2 atom stereocenters. The third-order valence-electron chi connectivity index (χ3n) is 2.57. The van der Waals surface area contributed by atoms with E-state index in [2.05, 4.69) is 10.5 Å². The predicted molar refractivity (Wildman–Crippen MR) is 52.5 cm³/mol. The highest BCUT2D eigenvalue weighted by Gasteiger charge is 2.28. The van der Waals surface area contributed by atoms with Crippen LogP contribution in [-0.4, -0.2) is 33.7 Å². The SMILES string of the molecule is CNC(=O)C1CCC(NBOC)C1. The number of hydrogen-bond acceptors (Lipinski definition) is 3. The summed E-state index contributed by atoms with van der Waals surface area (Å²) in [5.41, 5.74) is 0. The first kappa shape index (κ1) is 10.5. The van der Waals surface area contributed by atoms with Crippen LogP contribution in [0.4, 0.5) is 0 Å². The topological polar surface area (TPSA) is 50.4 Å². The van der Waals surface area contributed by atoms with Crippen molar-refractivity contribution in [2.75, 3.05) is 14.2 Å². The van der Waals surface area contributed by atoms with Crippen molar-refractivity contribution in [3.05, 3.63) is 0 Å². The quantitative estimate of drug-likeness (QED) is 0.574. The Hall–Kier alpha value is -0.545. The van der Waals surface area contributed by atoms with Gasteiger partial charge in [0.25, 0.3) is 0 Å². The molecule has 1 aliphatic rings. The molecule has 0 radical (unpaired) electrons. The van der Waals surface area contributed by atoms with Crippen LogP contribution in [-0.2, 0) is 9.45 Å². The van der Waals surface area contributed by atoms with Gasteiger partial charge >= 0.3 is 7.62 Å². The van der Waals surface area contributed by atoms with Gasteiger partial charge in [-0.3, -0.25) is 4.79 Å². The number of carbonyl (C=O) groups is 1. The molecule has 1 amide bonds. The lowest BCUT2D eigenvalue weighted by Crippen LogP contribution is -2.33. The number of rotatable bonds is 4. The number of amides is 1. The van der Waals surface area contributed by atoms with Crippen molar-refractivity contribution in [3.8, 4) is 0 Å². The normalized spacial score (nSPS) is 27.2. The summed E-state index contributed by atoms with van der Waals surface area (Å²) in [7, 11) is 3.93. The fourth-order valence-corrected chi connectivity index (χ4v) is 1.81. The Balaban J connectivity index is 2.23. The summed E-state index contributed by atoms with van der Waals surface area (Å²) < 4.78 is 4.91. The molecule has 0 aromatic rings. The molecule has 2 N–H and O–H groups in total. The van der Waals surface area contributed by atoms with Gasteiger partial charge in [-0.1, -0.05) is 0 Å². The summed E-state index contributed by atoms with van der Waals surface area (Å²) in [6.07, 6.45) is 2.99. The Morgan fingerprint density at radius 2 is 2.31 bits per heavy atom. The van der Waals surface area contributed by atoms with Gasteiger partial charge in [-0.15, -0.1) is 0 Å². The molecule has 1 rings (SSSR count). The zero-order valence-electron chi connectivity index (χ0n) is 8.30. The molecule has 13 heavy (non-hydrogen) atoms. The molecule has 4 nitrogen and oxygen atoms in total. The summed E-state index contributed by atoms with van der Waals surface area (Å²) in [6.45, 7) is 0. The van der Waals surface area contributed by atoms with Crippen molar-refractivity contribution in [1.29, 1.82) is 0 Å². The van der Waals surface area contributed by atoms with Crippen LogP contribution in [0.5, 0.6) is 0 Å². The third-order valence-corrected chi connectivity index (χ3v) is 2.57. The van der Waals surface area contributed by atoms with Crippen LogP contribution in [0.3, 0.4) is 0 Å². The number of hydrogen-bond donors (Lipinski definition) is 2. The van der Waals surface area contributed by atoms with Gasteiger partial charge in [0.1, 0.15) is 0 Å². The van der Waals surface area contributed by atoms with E-state index in [0.717, 1.165) is 19.3 Å². The number of carbonyl (C=O) groups excluding carboxylic acids is 1. The number of nitrogens with one attached hydrogen (secondary N) is 2. The molecule has 0 heterocycles. The minimum Gasteiger partial charge on any atom is -0.427 e. The van der Waals surface area contributed by atoms with Crippen LogP contribution in [0.15, 0.2) is 0 Å². The Labute approximate surface area is 79.7 Å². The lowest BCUT2D eigenvalue weighted by atomic mass is 10.1. The van der Waals surface area contributed by atoms with E-state index < -0.39 is 0 Å². The Kier molecular flexibility index (Phi) is 4.25. The second-order valence-electron chi connectivity index (χ2n) is 3.46. The Bertz CT molecular complexity index is 178. The van der Waals surface area contributed by atoms with Crippen LogP contribution in [0.2, 0.25) is 0 Å². The molecule has 1 aliphatic carbocycles. The van der Waals surface area contributed by atoms with Gasteiger partial charge in [0.05, 0.1) is 0 Å². The maximum Gasteiger partial charge on any atom is 0.360 e. The zero-order chi connectivity index (χ0) is 9.68. The van der Waals surface area contributed by atoms with Crippen LogP contribution in [0.25, 0.3) is 0 Å². The third kappa shape index (κ3) is 3.01.